The van der Waals surface area contributed by atoms with E-state index in [9.17, 15) is 9.18 Å². The number of rotatable bonds is 5. The third kappa shape index (κ3) is 3.62. The van der Waals surface area contributed by atoms with Crippen molar-refractivity contribution in [2.24, 2.45) is 5.73 Å². The number of primary amides is 1. The molecule has 2 atom stereocenters. The van der Waals surface area contributed by atoms with Gasteiger partial charge in [0.2, 0.25) is 5.91 Å². The van der Waals surface area contributed by atoms with Gasteiger partial charge >= 0.3 is 0 Å². The van der Waals surface area contributed by atoms with Gasteiger partial charge in [0.1, 0.15) is 18.2 Å². The van der Waals surface area contributed by atoms with Crippen LogP contribution in [0.15, 0.2) is 36.7 Å². The SMILES string of the molecule is NC(=O)[C@@H]1CC[C@H](c2ncc(OCc3ccccc3F)cn2)N1. The molecule has 0 bridgehead atoms. The van der Waals surface area contributed by atoms with Crippen molar-refractivity contribution in [3.63, 3.8) is 0 Å². The molecule has 23 heavy (non-hydrogen) atoms. The lowest BCUT2D eigenvalue weighted by molar-refractivity contribution is -0.119. The Hall–Kier alpha value is -2.54. The van der Waals surface area contributed by atoms with E-state index in [1.54, 1.807) is 30.6 Å². The lowest BCUT2D eigenvalue weighted by atomic mass is 10.2. The second kappa shape index (κ2) is 6.70. The predicted molar refractivity (Wildman–Crippen MR) is 80.9 cm³/mol. The molecule has 1 amide bonds. The maximum atomic E-state index is 13.5. The molecule has 0 spiro atoms. The molecule has 7 heteroatoms. The highest BCUT2D eigenvalue weighted by molar-refractivity contribution is 5.80. The summed E-state index contributed by atoms with van der Waals surface area (Å²) in [5, 5.41) is 3.10. The van der Waals surface area contributed by atoms with Gasteiger partial charge < -0.3 is 10.5 Å². The van der Waals surface area contributed by atoms with E-state index in [-0.39, 0.29) is 30.4 Å². The monoisotopic (exact) mass is 316 g/mol. The number of halogens is 1. The number of aromatic nitrogens is 2. The molecule has 2 aromatic rings. The first-order valence-electron chi connectivity index (χ1n) is 7.37. The van der Waals surface area contributed by atoms with Crippen molar-refractivity contribution in [3.8, 4) is 5.75 Å². The van der Waals surface area contributed by atoms with Crippen molar-refractivity contribution in [1.29, 1.82) is 0 Å². The summed E-state index contributed by atoms with van der Waals surface area (Å²) < 4.78 is 19.0. The standard InChI is InChI=1S/C16H17FN4O2/c17-12-4-2-1-3-10(12)9-23-11-7-19-16(20-8-11)14-6-5-13(21-14)15(18)22/h1-4,7-8,13-14,21H,5-6,9H2,(H2,18,22)/t13-,14+/m0/s1. The van der Waals surface area contributed by atoms with Crippen molar-refractivity contribution < 1.29 is 13.9 Å². The van der Waals surface area contributed by atoms with E-state index in [4.69, 9.17) is 10.5 Å². The fraction of sp³-hybridized carbons (Fsp3) is 0.312. The molecule has 120 valence electrons. The molecule has 3 N–H and O–H groups in total. The van der Waals surface area contributed by atoms with Gasteiger partial charge in [-0.05, 0) is 18.9 Å². The lowest BCUT2D eigenvalue weighted by Crippen LogP contribution is -2.37. The zero-order chi connectivity index (χ0) is 16.2. The predicted octanol–water partition coefficient (Wildman–Crippen LogP) is 1.47. The molecule has 1 aromatic carbocycles. The average molecular weight is 316 g/mol. The Morgan fingerprint density at radius 3 is 2.70 bits per heavy atom. The van der Waals surface area contributed by atoms with Gasteiger partial charge in [-0.25, -0.2) is 14.4 Å². The van der Waals surface area contributed by atoms with Crippen molar-refractivity contribution in [1.82, 2.24) is 15.3 Å². The molecule has 1 aliphatic heterocycles. The van der Waals surface area contributed by atoms with Crippen LogP contribution >= 0.6 is 0 Å². The lowest BCUT2D eigenvalue weighted by Gasteiger charge is -2.11. The van der Waals surface area contributed by atoms with Crippen molar-refractivity contribution in [2.75, 3.05) is 0 Å². The second-order valence-corrected chi connectivity index (χ2v) is 5.41. The summed E-state index contributed by atoms with van der Waals surface area (Å²) in [6.07, 6.45) is 4.52. The number of nitrogens with two attached hydrogens (primary N) is 1. The van der Waals surface area contributed by atoms with Crippen LogP contribution in [0.25, 0.3) is 0 Å². The highest BCUT2D eigenvalue weighted by Crippen LogP contribution is 2.24. The Morgan fingerprint density at radius 2 is 2.04 bits per heavy atom. The molecule has 6 nitrogen and oxygen atoms in total. The molecule has 0 radical (unpaired) electrons. The third-order valence-corrected chi connectivity index (χ3v) is 3.80. The van der Waals surface area contributed by atoms with Crippen LogP contribution < -0.4 is 15.8 Å². The van der Waals surface area contributed by atoms with Crippen molar-refractivity contribution in [3.05, 3.63) is 53.9 Å². The van der Waals surface area contributed by atoms with Crippen LogP contribution in [0.3, 0.4) is 0 Å². The summed E-state index contributed by atoms with van der Waals surface area (Å²) in [7, 11) is 0. The number of hydrogen-bond donors (Lipinski definition) is 2. The van der Waals surface area contributed by atoms with Gasteiger partial charge in [-0.1, -0.05) is 18.2 Å². The van der Waals surface area contributed by atoms with E-state index < -0.39 is 0 Å². The number of amides is 1. The number of benzene rings is 1. The molecule has 2 heterocycles. The number of nitrogens with one attached hydrogen (secondary N) is 1. The van der Waals surface area contributed by atoms with Crippen LogP contribution in [0, 0.1) is 5.82 Å². The smallest absolute Gasteiger partial charge is 0.234 e. The molecule has 3 rings (SSSR count). The average Bonchev–Trinajstić information content (AvgIpc) is 3.05. The summed E-state index contributed by atoms with van der Waals surface area (Å²) in [5.74, 6) is 0.378. The Balaban J connectivity index is 1.59. The molecule has 0 unspecified atom stereocenters. The summed E-state index contributed by atoms with van der Waals surface area (Å²) in [5.41, 5.74) is 5.75. The van der Waals surface area contributed by atoms with Crippen molar-refractivity contribution >= 4 is 5.91 Å². The normalized spacial score (nSPS) is 20.4. The van der Waals surface area contributed by atoms with Gasteiger partial charge in [0.25, 0.3) is 0 Å². The third-order valence-electron chi connectivity index (χ3n) is 3.80. The van der Waals surface area contributed by atoms with Gasteiger partial charge in [-0.2, -0.15) is 0 Å². The zero-order valence-electron chi connectivity index (χ0n) is 12.4. The minimum Gasteiger partial charge on any atom is -0.486 e. The van der Waals surface area contributed by atoms with Gasteiger partial charge in [0.15, 0.2) is 5.75 Å². The number of nitrogens with zero attached hydrogens (tertiary/aromatic N) is 2. The van der Waals surface area contributed by atoms with E-state index in [2.05, 4.69) is 15.3 Å². The number of ether oxygens (including phenoxy) is 1. The first kappa shape index (κ1) is 15.4. The summed E-state index contributed by atoms with van der Waals surface area (Å²) in [6, 6.07) is 6.01. The highest BCUT2D eigenvalue weighted by Gasteiger charge is 2.29. The van der Waals surface area contributed by atoms with E-state index in [0.717, 1.165) is 6.42 Å². The van der Waals surface area contributed by atoms with Gasteiger partial charge in [0.05, 0.1) is 24.5 Å². The van der Waals surface area contributed by atoms with E-state index >= 15 is 0 Å². The maximum Gasteiger partial charge on any atom is 0.234 e. The first-order valence-corrected chi connectivity index (χ1v) is 7.37. The molecule has 1 saturated heterocycles. The van der Waals surface area contributed by atoms with Gasteiger partial charge in [-0.15, -0.1) is 0 Å². The second-order valence-electron chi connectivity index (χ2n) is 5.41. The molecular weight excluding hydrogens is 299 g/mol. The van der Waals surface area contributed by atoms with Gasteiger partial charge in [0, 0.05) is 5.56 Å². The zero-order valence-corrected chi connectivity index (χ0v) is 12.4. The molecule has 1 fully saturated rings. The van der Waals surface area contributed by atoms with E-state index in [1.807, 2.05) is 0 Å². The molecule has 0 saturated carbocycles. The molecule has 0 aliphatic carbocycles. The topological polar surface area (TPSA) is 90.1 Å². The van der Waals surface area contributed by atoms with Crippen molar-refractivity contribution in [2.45, 2.75) is 31.5 Å². The van der Waals surface area contributed by atoms with Crippen LogP contribution in [-0.2, 0) is 11.4 Å². The van der Waals surface area contributed by atoms with E-state index in [0.29, 0.717) is 23.6 Å². The maximum absolute atomic E-state index is 13.5. The minimum absolute atomic E-state index is 0.0897. The Bertz CT molecular complexity index is 693. The largest absolute Gasteiger partial charge is 0.486 e. The molecular formula is C16H17FN4O2. The van der Waals surface area contributed by atoms with Crippen LogP contribution in [0.5, 0.6) is 5.75 Å². The van der Waals surface area contributed by atoms with Crippen LogP contribution in [-0.4, -0.2) is 21.9 Å². The Kier molecular flexibility index (Phi) is 4.47. The number of hydrogen-bond acceptors (Lipinski definition) is 5. The number of carbonyl (C=O) groups excluding carboxylic acids is 1. The number of carbonyl (C=O) groups is 1. The van der Waals surface area contributed by atoms with Crippen LogP contribution in [0.4, 0.5) is 4.39 Å². The quantitative estimate of drug-likeness (QED) is 0.872. The minimum atomic E-state index is -0.364. The summed E-state index contributed by atoms with van der Waals surface area (Å²) >= 11 is 0. The first-order chi connectivity index (χ1) is 11.1. The van der Waals surface area contributed by atoms with E-state index in [1.165, 1.54) is 6.07 Å². The Labute approximate surface area is 132 Å². The summed E-state index contributed by atoms with van der Waals surface area (Å²) in [6.45, 7) is 0.112. The molecule has 1 aromatic heterocycles. The van der Waals surface area contributed by atoms with Crippen LogP contribution in [0.2, 0.25) is 0 Å². The fourth-order valence-electron chi connectivity index (χ4n) is 2.53. The summed E-state index contributed by atoms with van der Waals surface area (Å²) in [4.78, 5) is 19.6. The Morgan fingerprint density at radius 1 is 1.30 bits per heavy atom. The fourth-order valence-corrected chi connectivity index (χ4v) is 2.53. The van der Waals surface area contributed by atoms with Gasteiger partial charge in [-0.3, -0.25) is 10.1 Å². The van der Waals surface area contributed by atoms with Crippen LogP contribution in [0.1, 0.15) is 30.3 Å². The molecule has 1 aliphatic rings. The highest BCUT2D eigenvalue weighted by atomic mass is 19.1.